The number of allylic oxidation sites excluding steroid dienone is 11. The van der Waals surface area contributed by atoms with Gasteiger partial charge in [0, 0.05) is 0 Å². The van der Waals surface area contributed by atoms with Gasteiger partial charge in [-0.25, -0.2) is 0 Å². The van der Waals surface area contributed by atoms with Gasteiger partial charge in [-0.15, -0.1) is 0 Å². The SMILES string of the molecule is C=C(C)CC=C(C)/C=C/C=C(C)/C=C/C1=C(C)CCCC1(C)C. The summed E-state index contributed by atoms with van der Waals surface area (Å²) in [6, 6.07) is 0. The molecule has 0 heteroatoms. The molecular weight excluding hydrogens is 276 g/mol. The van der Waals surface area contributed by atoms with E-state index in [0.29, 0.717) is 5.41 Å². The summed E-state index contributed by atoms with van der Waals surface area (Å²) >= 11 is 0. The normalized spacial score (nSPS) is 19.9. The monoisotopic (exact) mass is 310 g/mol. The van der Waals surface area contributed by atoms with Gasteiger partial charge in [0.2, 0.25) is 0 Å². The molecule has 0 N–H and O–H groups in total. The van der Waals surface area contributed by atoms with Crippen molar-refractivity contribution in [3.05, 3.63) is 70.9 Å². The topological polar surface area (TPSA) is 0 Å². The summed E-state index contributed by atoms with van der Waals surface area (Å²) in [6.45, 7) is 17.3. The van der Waals surface area contributed by atoms with Gasteiger partial charge in [-0.3, -0.25) is 0 Å². The van der Waals surface area contributed by atoms with Crippen LogP contribution in [0.3, 0.4) is 0 Å². The molecule has 23 heavy (non-hydrogen) atoms. The van der Waals surface area contributed by atoms with Gasteiger partial charge < -0.3 is 0 Å². The third-order valence-electron chi connectivity index (χ3n) is 4.55. The highest BCUT2D eigenvalue weighted by atomic mass is 14.3. The summed E-state index contributed by atoms with van der Waals surface area (Å²) in [6.07, 6.45) is 18.1. The molecule has 1 rings (SSSR count). The Hall–Kier alpha value is -1.56. The first-order valence-electron chi connectivity index (χ1n) is 8.77. The quantitative estimate of drug-likeness (QED) is 0.352. The summed E-state index contributed by atoms with van der Waals surface area (Å²) in [5, 5.41) is 0. The molecule has 0 atom stereocenters. The lowest BCUT2D eigenvalue weighted by atomic mass is 9.72. The molecule has 0 unspecified atom stereocenters. The summed E-state index contributed by atoms with van der Waals surface area (Å²) in [7, 11) is 0. The third kappa shape index (κ3) is 7.03. The lowest BCUT2D eigenvalue weighted by molar-refractivity contribution is 0.377. The van der Waals surface area contributed by atoms with E-state index in [4.69, 9.17) is 0 Å². The molecule has 0 bridgehead atoms. The predicted octanol–water partition coefficient (Wildman–Crippen LogP) is 7.48. The number of rotatable bonds is 6. The first-order valence-corrected chi connectivity index (χ1v) is 8.77. The molecule has 0 saturated carbocycles. The third-order valence-corrected chi connectivity index (χ3v) is 4.55. The summed E-state index contributed by atoms with van der Waals surface area (Å²) in [5.74, 6) is 0. The van der Waals surface area contributed by atoms with E-state index in [1.165, 1.54) is 41.6 Å². The van der Waals surface area contributed by atoms with Crippen molar-refractivity contribution in [2.75, 3.05) is 0 Å². The Labute approximate surface area is 144 Å². The van der Waals surface area contributed by atoms with Gasteiger partial charge in [-0.1, -0.05) is 79.2 Å². The molecule has 0 heterocycles. The molecule has 0 saturated heterocycles. The van der Waals surface area contributed by atoms with E-state index in [-0.39, 0.29) is 0 Å². The van der Waals surface area contributed by atoms with Gasteiger partial charge in [0.05, 0.1) is 0 Å². The second-order valence-electron chi connectivity index (χ2n) is 7.64. The van der Waals surface area contributed by atoms with Gasteiger partial charge >= 0.3 is 0 Å². The molecule has 1 aliphatic carbocycles. The van der Waals surface area contributed by atoms with E-state index in [1.54, 1.807) is 5.57 Å². The molecule has 0 nitrogen and oxygen atoms in total. The average Bonchev–Trinajstić information content (AvgIpc) is 2.44. The van der Waals surface area contributed by atoms with Crippen LogP contribution < -0.4 is 0 Å². The minimum absolute atomic E-state index is 0.316. The summed E-state index contributed by atoms with van der Waals surface area (Å²) in [4.78, 5) is 0. The Morgan fingerprint density at radius 1 is 1.13 bits per heavy atom. The van der Waals surface area contributed by atoms with Crippen molar-refractivity contribution in [2.24, 2.45) is 5.41 Å². The maximum absolute atomic E-state index is 3.93. The average molecular weight is 311 g/mol. The van der Waals surface area contributed by atoms with Crippen LogP contribution in [-0.2, 0) is 0 Å². The highest BCUT2D eigenvalue weighted by Crippen LogP contribution is 2.40. The Bertz CT molecular complexity index is 571. The van der Waals surface area contributed by atoms with E-state index < -0.39 is 0 Å². The fraction of sp³-hybridized carbons (Fsp3) is 0.478. The molecule has 1 aliphatic rings. The van der Waals surface area contributed by atoms with Crippen LogP contribution in [0.2, 0.25) is 0 Å². The van der Waals surface area contributed by atoms with Gasteiger partial charge in [0.25, 0.3) is 0 Å². The Morgan fingerprint density at radius 2 is 1.83 bits per heavy atom. The molecule has 0 aliphatic heterocycles. The second kappa shape index (κ2) is 8.91. The van der Waals surface area contributed by atoms with Crippen molar-refractivity contribution in [1.82, 2.24) is 0 Å². The highest BCUT2D eigenvalue weighted by Gasteiger charge is 2.26. The van der Waals surface area contributed by atoms with Crippen LogP contribution in [0.15, 0.2) is 70.9 Å². The van der Waals surface area contributed by atoms with Crippen molar-refractivity contribution < 1.29 is 0 Å². The van der Waals surface area contributed by atoms with Crippen molar-refractivity contribution in [3.63, 3.8) is 0 Å². The van der Waals surface area contributed by atoms with E-state index in [1.807, 2.05) is 0 Å². The van der Waals surface area contributed by atoms with Crippen LogP contribution in [0.4, 0.5) is 0 Å². The lowest BCUT2D eigenvalue weighted by Crippen LogP contribution is -2.19. The van der Waals surface area contributed by atoms with Crippen LogP contribution in [0.5, 0.6) is 0 Å². The highest BCUT2D eigenvalue weighted by molar-refractivity contribution is 5.37. The van der Waals surface area contributed by atoms with Crippen LogP contribution in [-0.4, -0.2) is 0 Å². The largest absolute Gasteiger partial charge is 0.0998 e. The molecule has 0 aromatic carbocycles. The molecule has 126 valence electrons. The molecule has 0 spiro atoms. The van der Waals surface area contributed by atoms with E-state index in [2.05, 4.69) is 84.6 Å². The zero-order chi connectivity index (χ0) is 17.5. The van der Waals surface area contributed by atoms with E-state index >= 15 is 0 Å². The summed E-state index contributed by atoms with van der Waals surface area (Å²) < 4.78 is 0. The van der Waals surface area contributed by atoms with E-state index in [0.717, 1.165) is 6.42 Å². The minimum Gasteiger partial charge on any atom is -0.0998 e. The molecular formula is C23H34. The first kappa shape index (κ1) is 19.5. The minimum atomic E-state index is 0.316. The lowest BCUT2D eigenvalue weighted by Gasteiger charge is -2.32. The van der Waals surface area contributed by atoms with Crippen molar-refractivity contribution in [1.29, 1.82) is 0 Å². The van der Waals surface area contributed by atoms with Gasteiger partial charge in [-0.05, 0) is 64.4 Å². The zero-order valence-electron chi connectivity index (χ0n) is 16.0. The maximum Gasteiger partial charge on any atom is -0.0104 e. The first-order chi connectivity index (χ1) is 10.7. The predicted molar refractivity (Wildman–Crippen MR) is 106 cm³/mol. The fourth-order valence-corrected chi connectivity index (χ4v) is 3.04. The molecule has 0 aromatic rings. The van der Waals surface area contributed by atoms with Crippen LogP contribution in [0.1, 0.15) is 67.2 Å². The summed E-state index contributed by atoms with van der Waals surface area (Å²) in [5.41, 5.74) is 7.17. The smallest absolute Gasteiger partial charge is 0.0104 e. The van der Waals surface area contributed by atoms with Crippen molar-refractivity contribution in [2.45, 2.75) is 67.2 Å². The second-order valence-corrected chi connectivity index (χ2v) is 7.64. The van der Waals surface area contributed by atoms with Crippen LogP contribution in [0.25, 0.3) is 0 Å². The van der Waals surface area contributed by atoms with Crippen molar-refractivity contribution >= 4 is 0 Å². The molecule has 0 aromatic heterocycles. The number of hydrogen-bond acceptors (Lipinski definition) is 0. The van der Waals surface area contributed by atoms with Gasteiger partial charge in [-0.2, -0.15) is 0 Å². The molecule has 0 radical (unpaired) electrons. The zero-order valence-corrected chi connectivity index (χ0v) is 16.0. The Kier molecular flexibility index (Phi) is 7.55. The molecule has 0 amide bonds. The standard InChI is InChI=1S/C23H34/c1-18(2)13-14-19(3)10-8-11-20(4)15-16-22-21(5)12-9-17-23(22,6)7/h8,10-11,14-16H,1,9,12-13,17H2,2-7H3/b10-8+,16-15+,19-14?,20-11+. The van der Waals surface area contributed by atoms with Gasteiger partial charge in [0.15, 0.2) is 0 Å². The van der Waals surface area contributed by atoms with Gasteiger partial charge in [0.1, 0.15) is 0 Å². The Balaban J connectivity index is 2.73. The van der Waals surface area contributed by atoms with Crippen LogP contribution in [0, 0.1) is 5.41 Å². The van der Waals surface area contributed by atoms with Crippen molar-refractivity contribution in [3.8, 4) is 0 Å². The Morgan fingerprint density at radius 3 is 2.43 bits per heavy atom. The van der Waals surface area contributed by atoms with Crippen LogP contribution >= 0.6 is 0 Å². The fourth-order valence-electron chi connectivity index (χ4n) is 3.04. The number of hydrogen-bond donors (Lipinski definition) is 0. The maximum atomic E-state index is 3.93. The van der Waals surface area contributed by atoms with E-state index in [9.17, 15) is 0 Å². The molecule has 0 fully saturated rings.